The second kappa shape index (κ2) is 10.7. The predicted molar refractivity (Wildman–Crippen MR) is 139 cm³/mol. The maximum absolute atomic E-state index is 13.3. The largest absolute Gasteiger partial charge is 0.443 e. The predicted octanol–water partition coefficient (Wildman–Crippen LogP) is 4.92. The van der Waals surface area contributed by atoms with Gasteiger partial charge in [0.25, 0.3) is 0 Å². The Kier molecular flexibility index (Phi) is 7.14. The normalized spacial score (nSPS) is 24.8. The van der Waals surface area contributed by atoms with E-state index in [1.807, 2.05) is 30.3 Å². The van der Waals surface area contributed by atoms with Crippen molar-refractivity contribution < 1.29 is 27.5 Å². The Bertz CT molecular complexity index is 1380. The van der Waals surface area contributed by atoms with E-state index >= 15 is 0 Å². The van der Waals surface area contributed by atoms with Crippen LogP contribution < -0.4 is 10.6 Å². The van der Waals surface area contributed by atoms with Gasteiger partial charge < -0.3 is 15.4 Å². The number of piperidine rings is 1. The molecule has 1 aliphatic heterocycles. The summed E-state index contributed by atoms with van der Waals surface area (Å²) in [5.41, 5.74) is 3.58. The molecule has 2 aromatic heterocycles. The lowest BCUT2D eigenvalue weighted by atomic mass is 9.70. The minimum Gasteiger partial charge on any atom is -0.443 e. The maximum Gasteiger partial charge on any atom is 0.407 e. The van der Waals surface area contributed by atoms with Crippen molar-refractivity contribution in [3.05, 3.63) is 65.1 Å². The molecule has 11 heteroatoms. The molecule has 2 atom stereocenters. The number of hydrogen-bond acceptors (Lipinski definition) is 5. The van der Waals surface area contributed by atoms with Gasteiger partial charge in [-0.05, 0) is 61.6 Å². The molecule has 0 unspecified atom stereocenters. The van der Waals surface area contributed by atoms with Crippen LogP contribution in [0.5, 0.6) is 0 Å². The zero-order valence-corrected chi connectivity index (χ0v) is 22.0. The number of amides is 2. The van der Waals surface area contributed by atoms with Crippen LogP contribution in [0.25, 0.3) is 5.65 Å². The fraction of sp³-hybridized carbons (Fsp3) is 0.517. The van der Waals surface area contributed by atoms with E-state index in [-0.39, 0.29) is 37.8 Å². The van der Waals surface area contributed by atoms with Crippen molar-refractivity contribution >= 4 is 17.6 Å². The van der Waals surface area contributed by atoms with Crippen LogP contribution in [0.2, 0.25) is 0 Å². The number of ether oxygens (including phenoxy) is 1. The van der Waals surface area contributed by atoms with Gasteiger partial charge in [0.05, 0.1) is 17.3 Å². The molecule has 1 saturated heterocycles. The highest BCUT2D eigenvalue weighted by molar-refractivity contribution is 5.79. The van der Waals surface area contributed by atoms with Crippen molar-refractivity contribution in [2.24, 2.45) is 23.7 Å². The first-order valence-electron chi connectivity index (χ1n) is 13.9. The first-order valence-corrected chi connectivity index (χ1v) is 13.9. The van der Waals surface area contributed by atoms with Crippen LogP contribution in [0, 0.1) is 23.7 Å². The maximum atomic E-state index is 13.3. The number of carbonyl (C=O) groups is 2. The van der Waals surface area contributed by atoms with E-state index in [0.717, 1.165) is 30.0 Å². The van der Waals surface area contributed by atoms with Gasteiger partial charge in [0.15, 0.2) is 5.65 Å². The molecule has 3 heterocycles. The number of carbonyl (C=O) groups excluding carboxylic acids is 2. The SMILES string of the molecule is O=C(NCc1ccccc1)OCc1nc2ccc(C[C@H]3C[C@@H](C(F)(F)F)CNC3=O)nn2c1C1CC(C2CC2)C1. The summed E-state index contributed by atoms with van der Waals surface area (Å²) < 4.78 is 47.2. The molecule has 0 bridgehead atoms. The zero-order chi connectivity index (χ0) is 27.9. The number of imidazole rings is 1. The molecule has 8 nitrogen and oxygen atoms in total. The number of halogens is 3. The Morgan fingerprint density at radius 1 is 1.07 bits per heavy atom. The Labute approximate surface area is 229 Å². The number of nitrogens with one attached hydrogen (secondary N) is 2. The molecule has 2 N–H and O–H groups in total. The molecule has 6 rings (SSSR count). The third-order valence-corrected chi connectivity index (χ3v) is 8.49. The average molecular weight is 556 g/mol. The van der Waals surface area contributed by atoms with Gasteiger partial charge >= 0.3 is 12.3 Å². The molecule has 40 heavy (non-hydrogen) atoms. The van der Waals surface area contributed by atoms with E-state index in [4.69, 9.17) is 14.8 Å². The van der Waals surface area contributed by atoms with Crippen LogP contribution in [0.4, 0.5) is 18.0 Å². The van der Waals surface area contributed by atoms with Gasteiger partial charge in [0.2, 0.25) is 5.91 Å². The van der Waals surface area contributed by atoms with Crippen LogP contribution in [-0.4, -0.2) is 39.3 Å². The van der Waals surface area contributed by atoms with E-state index in [1.54, 1.807) is 16.6 Å². The summed E-state index contributed by atoms with van der Waals surface area (Å²) in [4.78, 5) is 29.5. The molecular formula is C29H32F3N5O3. The summed E-state index contributed by atoms with van der Waals surface area (Å²) in [6, 6.07) is 13.0. The number of nitrogens with zero attached hydrogens (tertiary/aromatic N) is 3. The number of alkyl halides is 3. The van der Waals surface area contributed by atoms with Crippen molar-refractivity contribution in [3.8, 4) is 0 Å². The summed E-state index contributed by atoms with van der Waals surface area (Å²) in [5.74, 6) is -1.08. The second-order valence-corrected chi connectivity index (χ2v) is 11.3. The summed E-state index contributed by atoms with van der Waals surface area (Å²) >= 11 is 0. The van der Waals surface area contributed by atoms with Gasteiger partial charge in [0.1, 0.15) is 12.3 Å². The number of aromatic nitrogens is 3. The molecule has 3 aliphatic rings. The monoisotopic (exact) mass is 555 g/mol. The molecule has 2 amide bonds. The Morgan fingerprint density at radius 2 is 1.85 bits per heavy atom. The van der Waals surface area contributed by atoms with Crippen molar-refractivity contribution in [1.82, 2.24) is 25.2 Å². The molecule has 0 radical (unpaired) electrons. The Balaban J connectivity index is 1.19. The van der Waals surface area contributed by atoms with Crippen molar-refractivity contribution in [2.75, 3.05) is 6.54 Å². The lowest BCUT2D eigenvalue weighted by Crippen LogP contribution is -2.47. The zero-order valence-electron chi connectivity index (χ0n) is 22.0. The van der Waals surface area contributed by atoms with Crippen LogP contribution in [0.1, 0.15) is 60.7 Å². The van der Waals surface area contributed by atoms with E-state index in [0.29, 0.717) is 29.5 Å². The highest BCUT2D eigenvalue weighted by Gasteiger charge is 2.45. The van der Waals surface area contributed by atoms with E-state index in [9.17, 15) is 22.8 Å². The summed E-state index contributed by atoms with van der Waals surface area (Å²) in [5, 5.41) is 9.90. The van der Waals surface area contributed by atoms with Crippen molar-refractivity contribution in [2.45, 2.75) is 63.8 Å². The molecule has 1 aromatic carbocycles. The topological polar surface area (TPSA) is 97.6 Å². The van der Waals surface area contributed by atoms with E-state index in [1.165, 1.54) is 12.8 Å². The third-order valence-electron chi connectivity index (χ3n) is 8.49. The Morgan fingerprint density at radius 3 is 2.58 bits per heavy atom. The molecule has 0 spiro atoms. The van der Waals surface area contributed by atoms with Crippen LogP contribution in [0.3, 0.4) is 0 Å². The molecule has 2 saturated carbocycles. The Hall–Kier alpha value is -3.63. The summed E-state index contributed by atoms with van der Waals surface area (Å²) in [6.07, 6.45) is -0.492. The number of alkyl carbamates (subject to hydrolysis) is 1. The van der Waals surface area contributed by atoms with Crippen molar-refractivity contribution in [3.63, 3.8) is 0 Å². The molecule has 2 aliphatic carbocycles. The van der Waals surface area contributed by atoms with Gasteiger partial charge in [-0.25, -0.2) is 14.3 Å². The molecular weight excluding hydrogens is 523 g/mol. The van der Waals surface area contributed by atoms with Gasteiger partial charge in [-0.15, -0.1) is 0 Å². The minimum absolute atomic E-state index is 0.0163. The summed E-state index contributed by atoms with van der Waals surface area (Å²) in [7, 11) is 0. The number of benzene rings is 1. The lowest BCUT2D eigenvalue weighted by molar-refractivity contribution is -0.183. The first-order chi connectivity index (χ1) is 19.2. The van der Waals surface area contributed by atoms with Crippen molar-refractivity contribution in [1.29, 1.82) is 0 Å². The van der Waals surface area contributed by atoms with Gasteiger partial charge in [-0.2, -0.15) is 18.3 Å². The number of rotatable bonds is 8. The minimum atomic E-state index is -4.36. The van der Waals surface area contributed by atoms with E-state index in [2.05, 4.69) is 10.6 Å². The quantitative estimate of drug-likeness (QED) is 0.412. The van der Waals surface area contributed by atoms with Gasteiger partial charge in [0, 0.05) is 31.3 Å². The highest BCUT2D eigenvalue weighted by Crippen LogP contribution is 2.53. The second-order valence-electron chi connectivity index (χ2n) is 11.3. The van der Waals surface area contributed by atoms with Gasteiger partial charge in [-0.1, -0.05) is 30.3 Å². The highest BCUT2D eigenvalue weighted by atomic mass is 19.4. The van der Waals surface area contributed by atoms with Crippen LogP contribution >= 0.6 is 0 Å². The molecule has 3 fully saturated rings. The van der Waals surface area contributed by atoms with Crippen LogP contribution in [0.15, 0.2) is 42.5 Å². The smallest absolute Gasteiger partial charge is 0.407 e. The lowest BCUT2D eigenvalue weighted by Gasteiger charge is -2.35. The number of fused-ring (bicyclic) bond motifs is 1. The fourth-order valence-corrected chi connectivity index (χ4v) is 6.03. The molecule has 3 aromatic rings. The average Bonchev–Trinajstić information content (AvgIpc) is 3.68. The first kappa shape index (κ1) is 26.6. The number of hydrogen-bond donors (Lipinski definition) is 2. The fourth-order valence-electron chi connectivity index (χ4n) is 6.03. The molecule has 212 valence electrons. The van der Waals surface area contributed by atoms with Crippen LogP contribution in [-0.2, 0) is 29.1 Å². The summed E-state index contributed by atoms with van der Waals surface area (Å²) in [6.45, 7) is -0.0567. The van der Waals surface area contributed by atoms with E-state index < -0.39 is 24.1 Å². The van der Waals surface area contributed by atoms with Gasteiger partial charge in [-0.3, -0.25) is 4.79 Å². The third kappa shape index (κ3) is 5.78. The standard InChI is InChI=1S/C29H32F3N5O3/c30-29(31,32)22-12-21(27(38)33-15-22)13-23-8-9-25-35-24(16-40-28(39)34-14-17-4-2-1-3-5-17)26(37(25)36-23)20-10-19(11-20)18-6-7-18/h1-5,8-9,18-22H,6-7,10-16H2,(H,33,38)(H,34,39)/t19?,20?,21-,22-/m1/s1.